The second-order valence-electron chi connectivity index (χ2n) is 3.35. The third-order valence-corrected chi connectivity index (χ3v) is 3.40. The Labute approximate surface area is 110 Å². The molecule has 1 aromatic rings. The first-order valence-corrected chi connectivity index (χ1v) is 7.27. The topological polar surface area (TPSA) is 59.1 Å². The lowest BCUT2D eigenvalue weighted by atomic mass is 10.4. The molecular weight excluding hydrogens is 337 g/mol. The van der Waals surface area contributed by atoms with Crippen molar-refractivity contribution in [3.05, 3.63) is 28.5 Å². The van der Waals surface area contributed by atoms with Gasteiger partial charge in [-0.2, -0.15) is 13.2 Å². The van der Waals surface area contributed by atoms with Gasteiger partial charge in [0.1, 0.15) is 0 Å². The van der Waals surface area contributed by atoms with Gasteiger partial charge in [-0.25, -0.2) is 4.21 Å². The summed E-state index contributed by atoms with van der Waals surface area (Å²) in [5.41, 5.74) is 0.202. The number of pyridine rings is 1. The van der Waals surface area contributed by atoms with Crippen molar-refractivity contribution in [1.82, 2.24) is 9.71 Å². The van der Waals surface area contributed by atoms with E-state index in [1.54, 1.807) is 6.07 Å². The Morgan fingerprint density at radius 3 is 2.56 bits per heavy atom. The van der Waals surface area contributed by atoms with Gasteiger partial charge in [0.25, 0.3) is 0 Å². The van der Waals surface area contributed by atoms with Gasteiger partial charge in [0.2, 0.25) is 0 Å². The van der Waals surface area contributed by atoms with E-state index in [9.17, 15) is 22.2 Å². The van der Waals surface area contributed by atoms with Gasteiger partial charge in [0.15, 0.2) is 0 Å². The van der Waals surface area contributed by atoms with Crippen molar-refractivity contribution in [2.24, 2.45) is 0 Å². The van der Waals surface area contributed by atoms with Crippen molar-refractivity contribution in [2.75, 3.05) is 6.26 Å². The molecule has 9 heteroatoms. The molecule has 0 aromatic carbocycles. The average Bonchev–Trinajstić information content (AvgIpc) is 2.19. The van der Waals surface area contributed by atoms with Gasteiger partial charge < -0.3 is 0 Å². The molecule has 1 amide bonds. The smallest absolute Gasteiger partial charge is 0.275 e. The molecule has 0 saturated carbocycles. The zero-order chi connectivity index (χ0) is 14.0. The SMILES string of the molecule is CS(=O)(=Cc1ccc(Br)cn1)NC(=O)C(F)(F)F. The molecule has 1 aromatic heterocycles. The Hall–Kier alpha value is -1.09. The van der Waals surface area contributed by atoms with Gasteiger partial charge in [0.05, 0.1) is 15.4 Å². The maximum Gasteiger partial charge on any atom is 0.472 e. The molecule has 100 valence electrons. The number of nitrogens with zero attached hydrogens (tertiary/aromatic N) is 1. The fourth-order valence-corrected chi connectivity index (χ4v) is 2.34. The van der Waals surface area contributed by atoms with E-state index in [4.69, 9.17) is 0 Å². The Morgan fingerprint density at radius 1 is 1.50 bits per heavy atom. The number of alkyl halides is 3. The Kier molecular flexibility index (Phi) is 4.38. The molecule has 1 unspecified atom stereocenters. The summed E-state index contributed by atoms with van der Waals surface area (Å²) >= 11 is 3.13. The first-order valence-electron chi connectivity index (χ1n) is 4.44. The van der Waals surface area contributed by atoms with Crippen LogP contribution in [0.1, 0.15) is 5.69 Å². The van der Waals surface area contributed by atoms with Gasteiger partial charge in [-0.1, -0.05) is 0 Å². The van der Waals surface area contributed by atoms with Gasteiger partial charge in [-0.05, 0) is 28.1 Å². The predicted molar refractivity (Wildman–Crippen MR) is 65.4 cm³/mol. The van der Waals surface area contributed by atoms with Gasteiger partial charge in [-0.15, -0.1) is 0 Å². The van der Waals surface area contributed by atoms with Crippen molar-refractivity contribution >= 4 is 36.9 Å². The van der Waals surface area contributed by atoms with Crippen LogP contribution in [0.5, 0.6) is 0 Å². The molecule has 1 heterocycles. The van der Waals surface area contributed by atoms with E-state index >= 15 is 0 Å². The molecule has 0 aliphatic heterocycles. The monoisotopic (exact) mass is 344 g/mol. The number of amides is 1. The maximum atomic E-state index is 12.0. The molecule has 0 spiro atoms. The van der Waals surface area contributed by atoms with Crippen LogP contribution < -0.4 is 4.72 Å². The molecule has 0 saturated heterocycles. The first kappa shape index (κ1) is 15.0. The van der Waals surface area contributed by atoms with Crippen LogP contribution in [0.2, 0.25) is 0 Å². The summed E-state index contributed by atoms with van der Waals surface area (Å²) in [5, 5.41) is 0.975. The summed E-state index contributed by atoms with van der Waals surface area (Å²) in [6.07, 6.45) is -2.69. The van der Waals surface area contributed by atoms with E-state index in [1.165, 1.54) is 17.0 Å². The molecule has 18 heavy (non-hydrogen) atoms. The fraction of sp³-hybridized carbons (Fsp3) is 0.222. The van der Waals surface area contributed by atoms with Crippen LogP contribution in [0.15, 0.2) is 22.8 Å². The Balaban J connectivity index is 2.97. The summed E-state index contributed by atoms with van der Waals surface area (Å²) in [5.74, 6) is -2.25. The summed E-state index contributed by atoms with van der Waals surface area (Å²) in [4.78, 5) is 14.5. The molecule has 0 aliphatic rings. The van der Waals surface area contributed by atoms with Crippen molar-refractivity contribution in [2.45, 2.75) is 6.18 Å². The second-order valence-corrected chi connectivity index (χ2v) is 6.52. The molecular formula is C9H8BrF3N2O2S. The number of carbonyl (C=O) groups is 1. The molecule has 0 bridgehead atoms. The van der Waals surface area contributed by atoms with Crippen molar-refractivity contribution in [3.8, 4) is 0 Å². The minimum absolute atomic E-state index is 0.202. The number of aromatic nitrogens is 1. The van der Waals surface area contributed by atoms with Crippen LogP contribution >= 0.6 is 15.9 Å². The van der Waals surface area contributed by atoms with Crippen molar-refractivity contribution in [1.29, 1.82) is 0 Å². The van der Waals surface area contributed by atoms with Gasteiger partial charge in [0, 0.05) is 22.3 Å². The van der Waals surface area contributed by atoms with E-state index in [-0.39, 0.29) is 5.69 Å². The quantitative estimate of drug-likeness (QED) is 0.827. The van der Waals surface area contributed by atoms with Crippen molar-refractivity contribution < 1.29 is 22.2 Å². The standard InChI is InChI=1S/C9H8BrF3N2O2S/c1-18(17,15-8(16)9(11,12)13)5-7-3-2-6(10)4-14-7/h2-5H,1H3,(H,15,16,17). The first-order chi connectivity index (χ1) is 8.10. The highest BCUT2D eigenvalue weighted by atomic mass is 79.9. The molecule has 0 fully saturated rings. The van der Waals surface area contributed by atoms with E-state index in [0.717, 1.165) is 11.6 Å². The average molecular weight is 345 g/mol. The zero-order valence-corrected chi connectivity index (χ0v) is 11.4. The minimum atomic E-state index is -5.07. The minimum Gasteiger partial charge on any atom is -0.275 e. The molecule has 1 rings (SSSR count). The maximum absolute atomic E-state index is 12.0. The molecule has 4 nitrogen and oxygen atoms in total. The van der Waals surface area contributed by atoms with Crippen LogP contribution in [0.25, 0.3) is 0 Å². The summed E-state index contributed by atoms with van der Waals surface area (Å²) < 4.78 is 49.8. The number of hydrogen-bond acceptors (Lipinski definition) is 3. The summed E-state index contributed by atoms with van der Waals surface area (Å²) in [6, 6.07) is 3.03. The number of halogens is 4. The van der Waals surface area contributed by atoms with Crippen LogP contribution in [0.3, 0.4) is 0 Å². The Morgan fingerprint density at radius 2 is 2.11 bits per heavy atom. The number of nitrogens with one attached hydrogen (secondary N) is 1. The molecule has 0 radical (unpaired) electrons. The van der Waals surface area contributed by atoms with E-state index in [2.05, 4.69) is 20.9 Å². The van der Waals surface area contributed by atoms with Crippen LogP contribution in [-0.4, -0.2) is 32.9 Å². The number of carbonyl (C=O) groups excluding carboxylic acids is 1. The summed E-state index contributed by atoms with van der Waals surface area (Å²) in [6.45, 7) is 0. The Bertz CT molecular complexity index is 562. The molecule has 1 atom stereocenters. The third kappa shape index (κ3) is 4.65. The lowest BCUT2D eigenvalue weighted by molar-refractivity contribution is -0.171. The van der Waals surface area contributed by atoms with E-state index in [1.807, 2.05) is 0 Å². The van der Waals surface area contributed by atoms with Crippen molar-refractivity contribution in [3.63, 3.8) is 0 Å². The van der Waals surface area contributed by atoms with Crippen LogP contribution in [0.4, 0.5) is 13.2 Å². The number of hydrogen-bond donors (Lipinski definition) is 1. The lowest BCUT2D eigenvalue weighted by Gasteiger charge is -2.09. The normalized spacial score (nSPS) is 14.7. The fourth-order valence-electron chi connectivity index (χ4n) is 0.959. The van der Waals surface area contributed by atoms with E-state index < -0.39 is 21.8 Å². The highest BCUT2D eigenvalue weighted by Crippen LogP contribution is 2.14. The molecule has 0 aliphatic carbocycles. The summed E-state index contributed by atoms with van der Waals surface area (Å²) in [7, 11) is -3.30. The van der Waals surface area contributed by atoms with Gasteiger partial charge in [-0.3, -0.25) is 14.5 Å². The highest BCUT2D eigenvalue weighted by Gasteiger charge is 2.39. The third-order valence-electron chi connectivity index (χ3n) is 1.65. The second kappa shape index (κ2) is 5.27. The molecule has 1 N–H and O–H groups in total. The zero-order valence-electron chi connectivity index (χ0n) is 8.99. The lowest BCUT2D eigenvalue weighted by Crippen LogP contribution is -2.40. The predicted octanol–water partition coefficient (Wildman–Crippen LogP) is 1.50. The van der Waals surface area contributed by atoms with E-state index in [0.29, 0.717) is 4.47 Å². The van der Waals surface area contributed by atoms with Crippen LogP contribution in [-0.2, 0) is 14.5 Å². The van der Waals surface area contributed by atoms with Crippen LogP contribution in [0, 0.1) is 0 Å². The van der Waals surface area contributed by atoms with Gasteiger partial charge >= 0.3 is 12.1 Å². The largest absolute Gasteiger partial charge is 0.472 e. The highest BCUT2D eigenvalue weighted by molar-refractivity contribution is 9.10. The number of rotatable bonds is 2.